The van der Waals surface area contributed by atoms with Gasteiger partial charge in [0.1, 0.15) is 11.3 Å². The Morgan fingerprint density at radius 1 is 0.833 bits per heavy atom. The van der Waals surface area contributed by atoms with Gasteiger partial charge in [-0.05, 0) is 17.2 Å². The maximum Gasteiger partial charge on any atom is 0.349 e. The van der Waals surface area contributed by atoms with Gasteiger partial charge in [-0.3, -0.25) is 0 Å². The van der Waals surface area contributed by atoms with Crippen LogP contribution < -0.4 is 14.2 Å². The SMILES string of the molecule is COC(=O)c1c(OC)nc(Oc2cccc(-c3ccccc3)c2C(=O)O)nc1OC. The molecule has 0 bridgehead atoms. The average molecular weight is 410 g/mol. The highest BCUT2D eigenvalue weighted by Crippen LogP contribution is 2.35. The van der Waals surface area contributed by atoms with Crippen molar-refractivity contribution in [1.82, 2.24) is 9.97 Å². The van der Waals surface area contributed by atoms with Crippen molar-refractivity contribution in [3.63, 3.8) is 0 Å². The Hall–Kier alpha value is -4.14. The molecule has 1 aromatic heterocycles. The van der Waals surface area contributed by atoms with Crippen LogP contribution >= 0.6 is 0 Å². The van der Waals surface area contributed by atoms with Gasteiger partial charge in [-0.15, -0.1) is 0 Å². The normalized spacial score (nSPS) is 10.2. The smallest absolute Gasteiger partial charge is 0.349 e. The summed E-state index contributed by atoms with van der Waals surface area (Å²) in [5, 5.41) is 9.80. The molecule has 30 heavy (non-hydrogen) atoms. The fourth-order valence-electron chi connectivity index (χ4n) is 2.81. The van der Waals surface area contributed by atoms with Crippen molar-refractivity contribution in [2.45, 2.75) is 0 Å². The molecule has 0 aliphatic rings. The first-order chi connectivity index (χ1) is 14.5. The van der Waals surface area contributed by atoms with Gasteiger partial charge in [0.05, 0.1) is 21.3 Å². The van der Waals surface area contributed by atoms with Crippen LogP contribution in [0.4, 0.5) is 0 Å². The third kappa shape index (κ3) is 4.00. The van der Waals surface area contributed by atoms with Crippen LogP contribution in [0.15, 0.2) is 48.5 Å². The minimum absolute atomic E-state index is 0.0128. The Balaban J connectivity index is 2.11. The molecule has 0 unspecified atom stereocenters. The predicted molar refractivity (Wildman–Crippen MR) is 105 cm³/mol. The van der Waals surface area contributed by atoms with E-state index in [0.29, 0.717) is 11.1 Å². The highest BCUT2D eigenvalue weighted by Gasteiger charge is 2.26. The van der Waals surface area contributed by atoms with E-state index >= 15 is 0 Å². The zero-order valence-electron chi connectivity index (χ0n) is 16.4. The second-order valence-electron chi connectivity index (χ2n) is 5.84. The Kier molecular flexibility index (Phi) is 6.11. The molecule has 0 aliphatic carbocycles. The van der Waals surface area contributed by atoms with Gasteiger partial charge < -0.3 is 24.1 Å². The Morgan fingerprint density at radius 3 is 2.00 bits per heavy atom. The topological polar surface area (TPSA) is 117 Å². The van der Waals surface area contributed by atoms with E-state index in [0.717, 1.165) is 0 Å². The van der Waals surface area contributed by atoms with E-state index < -0.39 is 11.9 Å². The first-order valence-corrected chi connectivity index (χ1v) is 8.68. The van der Waals surface area contributed by atoms with Crippen LogP contribution in [-0.2, 0) is 4.74 Å². The molecule has 0 aliphatic heterocycles. The Morgan fingerprint density at radius 2 is 1.47 bits per heavy atom. The summed E-state index contributed by atoms with van der Waals surface area (Å²) in [7, 11) is 3.80. The summed E-state index contributed by atoms with van der Waals surface area (Å²) in [6.45, 7) is 0. The zero-order valence-corrected chi connectivity index (χ0v) is 16.4. The number of rotatable bonds is 7. The number of carbonyl (C=O) groups is 2. The number of carboxylic acids is 1. The van der Waals surface area contributed by atoms with Crippen LogP contribution in [0.25, 0.3) is 11.1 Å². The number of nitrogens with zero attached hydrogens (tertiary/aromatic N) is 2. The lowest BCUT2D eigenvalue weighted by molar-refractivity contribution is 0.0590. The molecule has 0 saturated heterocycles. The van der Waals surface area contributed by atoms with E-state index in [-0.39, 0.29) is 34.6 Å². The molecular weight excluding hydrogens is 392 g/mol. The highest BCUT2D eigenvalue weighted by atomic mass is 16.5. The molecule has 0 saturated carbocycles. The van der Waals surface area contributed by atoms with Crippen molar-refractivity contribution in [2.75, 3.05) is 21.3 Å². The number of aromatic carboxylic acids is 1. The molecule has 3 rings (SSSR count). The summed E-state index contributed by atoms with van der Waals surface area (Å²) in [6.07, 6.45) is 0. The third-order valence-electron chi connectivity index (χ3n) is 4.12. The van der Waals surface area contributed by atoms with Gasteiger partial charge in [0.2, 0.25) is 11.8 Å². The number of hydrogen-bond acceptors (Lipinski definition) is 8. The molecule has 9 heteroatoms. The van der Waals surface area contributed by atoms with Crippen molar-refractivity contribution in [1.29, 1.82) is 0 Å². The van der Waals surface area contributed by atoms with Crippen LogP contribution in [0.5, 0.6) is 23.5 Å². The minimum atomic E-state index is -1.19. The van der Waals surface area contributed by atoms with E-state index in [1.807, 2.05) is 6.07 Å². The maximum absolute atomic E-state index is 12.0. The van der Waals surface area contributed by atoms with Gasteiger partial charge in [-0.1, -0.05) is 42.5 Å². The summed E-state index contributed by atoms with van der Waals surface area (Å²) >= 11 is 0. The van der Waals surface area contributed by atoms with Crippen molar-refractivity contribution in [3.8, 4) is 34.6 Å². The van der Waals surface area contributed by atoms with E-state index in [9.17, 15) is 14.7 Å². The van der Waals surface area contributed by atoms with Crippen molar-refractivity contribution in [2.24, 2.45) is 0 Å². The van der Waals surface area contributed by atoms with Crippen molar-refractivity contribution >= 4 is 11.9 Å². The molecule has 0 atom stereocenters. The van der Waals surface area contributed by atoms with Gasteiger partial charge in [0, 0.05) is 0 Å². The molecular formula is C21H18N2O7. The van der Waals surface area contributed by atoms with Crippen LogP contribution in [0, 0.1) is 0 Å². The largest absolute Gasteiger partial charge is 0.480 e. The van der Waals surface area contributed by atoms with Crippen molar-refractivity contribution in [3.05, 3.63) is 59.7 Å². The molecule has 1 N–H and O–H groups in total. The van der Waals surface area contributed by atoms with E-state index in [4.69, 9.17) is 18.9 Å². The second kappa shape index (κ2) is 8.91. The lowest BCUT2D eigenvalue weighted by Crippen LogP contribution is -2.11. The number of benzene rings is 2. The first kappa shape index (κ1) is 20.6. The van der Waals surface area contributed by atoms with Gasteiger partial charge in [0.15, 0.2) is 5.56 Å². The number of aromatic nitrogens is 2. The standard InChI is InChI=1S/C21H18N2O7/c1-27-17-16(20(26)29-3)18(28-2)23-21(22-17)30-14-11-7-10-13(15(14)19(24)25)12-8-5-4-6-9-12/h4-11H,1-3H3,(H,24,25). The maximum atomic E-state index is 12.0. The van der Waals surface area contributed by atoms with E-state index in [1.165, 1.54) is 27.4 Å². The lowest BCUT2D eigenvalue weighted by Gasteiger charge is -2.14. The summed E-state index contributed by atoms with van der Waals surface area (Å²) in [5.74, 6) is -2.21. The summed E-state index contributed by atoms with van der Waals surface area (Å²) in [4.78, 5) is 32.1. The Labute approximate surface area is 171 Å². The van der Waals surface area contributed by atoms with Gasteiger partial charge in [-0.25, -0.2) is 9.59 Å². The predicted octanol–water partition coefficient (Wildman–Crippen LogP) is 3.44. The van der Waals surface area contributed by atoms with Crippen LogP contribution in [-0.4, -0.2) is 48.3 Å². The van der Waals surface area contributed by atoms with E-state index in [1.54, 1.807) is 36.4 Å². The lowest BCUT2D eigenvalue weighted by atomic mass is 9.99. The molecule has 3 aromatic rings. The molecule has 1 heterocycles. The molecule has 0 spiro atoms. The average Bonchev–Trinajstić information content (AvgIpc) is 2.78. The fourth-order valence-corrected chi connectivity index (χ4v) is 2.81. The molecule has 0 fully saturated rings. The summed E-state index contributed by atoms with van der Waals surface area (Å²) < 4.78 is 20.6. The van der Waals surface area contributed by atoms with Gasteiger partial charge in [0.25, 0.3) is 0 Å². The number of esters is 1. The highest BCUT2D eigenvalue weighted by molar-refractivity contribution is 5.99. The summed E-state index contributed by atoms with van der Waals surface area (Å²) in [5.41, 5.74) is 0.983. The van der Waals surface area contributed by atoms with Crippen LogP contribution in [0.2, 0.25) is 0 Å². The molecule has 9 nitrogen and oxygen atoms in total. The quantitative estimate of drug-likeness (QED) is 0.584. The number of hydrogen-bond donors (Lipinski definition) is 1. The second-order valence-corrected chi connectivity index (χ2v) is 5.84. The Bertz CT molecular complexity index is 1060. The van der Waals surface area contributed by atoms with Gasteiger partial charge in [-0.2, -0.15) is 9.97 Å². The minimum Gasteiger partial charge on any atom is -0.480 e. The molecule has 0 amide bonds. The zero-order chi connectivity index (χ0) is 21.7. The monoisotopic (exact) mass is 410 g/mol. The van der Waals surface area contributed by atoms with E-state index in [2.05, 4.69) is 9.97 Å². The number of carboxylic acid groups (broad SMARTS) is 1. The number of methoxy groups -OCH3 is 3. The van der Waals surface area contributed by atoms with Crippen LogP contribution in [0.1, 0.15) is 20.7 Å². The molecule has 0 radical (unpaired) electrons. The van der Waals surface area contributed by atoms with Gasteiger partial charge >= 0.3 is 17.9 Å². The van der Waals surface area contributed by atoms with Crippen LogP contribution in [0.3, 0.4) is 0 Å². The van der Waals surface area contributed by atoms with Crippen molar-refractivity contribution < 1.29 is 33.6 Å². The summed E-state index contributed by atoms with van der Waals surface area (Å²) in [6, 6.07) is 13.6. The first-order valence-electron chi connectivity index (χ1n) is 8.68. The molecule has 154 valence electrons. The third-order valence-corrected chi connectivity index (χ3v) is 4.12. The molecule has 2 aromatic carbocycles. The fraction of sp³-hybridized carbons (Fsp3) is 0.143. The number of ether oxygens (including phenoxy) is 4. The number of carbonyl (C=O) groups excluding carboxylic acids is 1.